The van der Waals surface area contributed by atoms with Crippen molar-refractivity contribution in [2.24, 2.45) is 5.16 Å². The Labute approximate surface area is 191 Å². The molecular formula is C18H14Cl4N4O4. The van der Waals surface area contributed by atoms with Gasteiger partial charge in [-0.2, -0.15) is 0 Å². The van der Waals surface area contributed by atoms with Crippen LogP contribution in [0.15, 0.2) is 60.3 Å². The SMILES string of the molecule is Clc1ccc(CO/N=C(/Cn2ccnc2)c2ccc(Cl)cc2Cl)c(Cl)c1.O=[N+]([O-])O. The minimum absolute atomic E-state index is 0.203. The number of benzene rings is 2. The van der Waals surface area contributed by atoms with Crippen molar-refractivity contribution in [3.05, 3.63) is 96.5 Å². The number of hydrogen-bond acceptors (Lipinski definition) is 5. The molecule has 3 rings (SSSR count). The monoisotopic (exact) mass is 490 g/mol. The molecule has 0 aliphatic heterocycles. The maximum absolute atomic E-state index is 8.36. The topological polar surface area (TPSA) is 103 Å². The summed E-state index contributed by atoms with van der Waals surface area (Å²) in [6.45, 7) is 0.643. The first-order valence-electron chi connectivity index (χ1n) is 8.13. The maximum Gasteiger partial charge on any atom is 0.291 e. The molecule has 0 atom stereocenters. The fraction of sp³-hybridized carbons (Fsp3) is 0.111. The summed E-state index contributed by atoms with van der Waals surface area (Å²) in [7, 11) is 0. The Morgan fingerprint density at radius 1 is 1.13 bits per heavy atom. The van der Waals surface area contributed by atoms with Gasteiger partial charge in [0.2, 0.25) is 0 Å². The van der Waals surface area contributed by atoms with Crippen molar-refractivity contribution in [2.75, 3.05) is 0 Å². The van der Waals surface area contributed by atoms with Crippen molar-refractivity contribution in [1.29, 1.82) is 0 Å². The molecule has 2 aromatic carbocycles. The predicted octanol–water partition coefficient (Wildman–Crippen LogP) is 5.77. The van der Waals surface area contributed by atoms with Crippen molar-refractivity contribution in [2.45, 2.75) is 13.2 Å². The van der Waals surface area contributed by atoms with E-state index in [1.54, 1.807) is 48.9 Å². The molecule has 0 aliphatic rings. The van der Waals surface area contributed by atoms with Gasteiger partial charge in [0.1, 0.15) is 12.3 Å². The average Bonchev–Trinajstić information content (AvgIpc) is 3.15. The molecule has 1 heterocycles. The highest BCUT2D eigenvalue weighted by atomic mass is 35.5. The van der Waals surface area contributed by atoms with Crippen LogP contribution in [0.3, 0.4) is 0 Å². The zero-order valence-electron chi connectivity index (χ0n) is 15.1. The molecule has 30 heavy (non-hydrogen) atoms. The number of rotatable bonds is 6. The summed E-state index contributed by atoms with van der Waals surface area (Å²) in [5.41, 5.74) is 2.14. The molecule has 8 nitrogen and oxygen atoms in total. The van der Waals surface area contributed by atoms with Gasteiger partial charge in [-0.3, -0.25) is 0 Å². The summed E-state index contributed by atoms with van der Waals surface area (Å²) in [6, 6.07) is 10.4. The molecule has 0 bridgehead atoms. The molecule has 0 amide bonds. The third-order valence-electron chi connectivity index (χ3n) is 3.54. The molecule has 0 radical (unpaired) electrons. The molecule has 0 spiro atoms. The summed E-state index contributed by atoms with van der Waals surface area (Å²) in [5, 5.41) is 20.0. The number of hydrogen-bond donors (Lipinski definition) is 1. The number of halogens is 4. The maximum atomic E-state index is 8.36. The summed E-state index contributed by atoms with van der Waals surface area (Å²) >= 11 is 24.4. The van der Waals surface area contributed by atoms with E-state index in [2.05, 4.69) is 10.1 Å². The minimum atomic E-state index is -1.50. The van der Waals surface area contributed by atoms with E-state index < -0.39 is 5.09 Å². The van der Waals surface area contributed by atoms with Gasteiger partial charge < -0.3 is 14.6 Å². The lowest BCUT2D eigenvalue weighted by atomic mass is 10.1. The number of oxime groups is 1. The van der Waals surface area contributed by atoms with Crippen LogP contribution in [0.2, 0.25) is 20.1 Å². The molecule has 3 aromatic rings. The van der Waals surface area contributed by atoms with Crippen LogP contribution in [0.5, 0.6) is 0 Å². The molecule has 0 saturated heterocycles. The third-order valence-corrected chi connectivity index (χ3v) is 4.68. The Balaban J connectivity index is 0.000000735. The molecule has 158 valence electrons. The van der Waals surface area contributed by atoms with E-state index in [-0.39, 0.29) is 6.61 Å². The normalized spacial score (nSPS) is 10.9. The van der Waals surface area contributed by atoms with Gasteiger partial charge in [0.25, 0.3) is 5.09 Å². The van der Waals surface area contributed by atoms with Crippen LogP contribution in [-0.4, -0.2) is 25.6 Å². The highest BCUT2D eigenvalue weighted by molar-refractivity contribution is 6.37. The number of nitrogens with zero attached hydrogens (tertiary/aromatic N) is 4. The van der Waals surface area contributed by atoms with Crippen molar-refractivity contribution in [3.8, 4) is 0 Å². The van der Waals surface area contributed by atoms with E-state index in [1.807, 2.05) is 10.8 Å². The molecule has 1 aromatic heterocycles. The first-order valence-corrected chi connectivity index (χ1v) is 9.64. The van der Waals surface area contributed by atoms with Crippen LogP contribution in [0.25, 0.3) is 0 Å². The largest absolute Gasteiger partial charge is 0.391 e. The highest BCUT2D eigenvalue weighted by Gasteiger charge is 2.11. The van der Waals surface area contributed by atoms with Crippen molar-refractivity contribution in [1.82, 2.24) is 9.55 Å². The molecule has 1 N–H and O–H groups in total. The first-order chi connectivity index (χ1) is 14.3. The zero-order valence-corrected chi connectivity index (χ0v) is 18.1. The molecule has 12 heteroatoms. The van der Waals surface area contributed by atoms with Gasteiger partial charge in [-0.25, -0.2) is 4.98 Å². The van der Waals surface area contributed by atoms with Crippen LogP contribution in [0.1, 0.15) is 11.1 Å². The van der Waals surface area contributed by atoms with Gasteiger partial charge in [-0.05, 0) is 30.3 Å². The summed E-state index contributed by atoms with van der Waals surface area (Å²) in [6.07, 6.45) is 5.21. The second-order valence-electron chi connectivity index (χ2n) is 5.64. The predicted molar refractivity (Wildman–Crippen MR) is 115 cm³/mol. The lowest BCUT2D eigenvalue weighted by molar-refractivity contribution is -0.742. The fourth-order valence-corrected chi connectivity index (χ4v) is 3.24. The average molecular weight is 492 g/mol. The van der Waals surface area contributed by atoms with Crippen LogP contribution < -0.4 is 0 Å². The Kier molecular flexibility index (Phi) is 9.19. The lowest BCUT2D eigenvalue weighted by Crippen LogP contribution is -2.12. The smallest absolute Gasteiger partial charge is 0.291 e. The Hall–Kier alpha value is -2.52. The van der Waals surface area contributed by atoms with Gasteiger partial charge in [-0.1, -0.05) is 57.6 Å². The molecule has 0 aliphatic carbocycles. The van der Waals surface area contributed by atoms with Gasteiger partial charge >= 0.3 is 0 Å². The van der Waals surface area contributed by atoms with Gasteiger partial charge in [0.05, 0.1) is 17.9 Å². The molecule has 0 fully saturated rings. The van der Waals surface area contributed by atoms with Gasteiger partial charge in [0, 0.05) is 38.6 Å². The molecule has 0 saturated carbocycles. The van der Waals surface area contributed by atoms with E-state index in [4.69, 9.17) is 66.6 Å². The lowest BCUT2D eigenvalue weighted by Gasteiger charge is -2.10. The van der Waals surface area contributed by atoms with Gasteiger partial charge in [-0.15, -0.1) is 10.1 Å². The van der Waals surface area contributed by atoms with Crippen molar-refractivity contribution >= 4 is 52.1 Å². The molecular weight excluding hydrogens is 478 g/mol. The minimum Gasteiger partial charge on any atom is -0.391 e. The third kappa shape index (κ3) is 7.72. The fourth-order valence-electron chi connectivity index (χ4n) is 2.26. The Morgan fingerprint density at radius 2 is 1.77 bits per heavy atom. The van der Waals surface area contributed by atoms with E-state index in [9.17, 15) is 0 Å². The number of imidazole rings is 1. The Bertz CT molecular complexity index is 1030. The van der Waals surface area contributed by atoms with Crippen LogP contribution in [0.4, 0.5) is 0 Å². The second-order valence-corrected chi connectivity index (χ2v) is 7.33. The van der Waals surface area contributed by atoms with Crippen LogP contribution in [0, 0.1) is 10.1 Å². The van der Waals surface area contributed by atoms with Gasteiger partial charge in [0.15, 0.2) is 0 Å². The second kappa shape index (κ2) is 11.6. The summed E-state index contributed by atoms with van der Waals surface area (Å²) < 4.78 is 1.86. The van der Waals surface area contributed by atoms with Crippen LogP contribution in [-0.2, 0) is 18.0 Å². The van der Waals surface area contributed by atoms with E-state index in [1.165, 1.54) is 0 Å². The zero-order chi connectivity index (χ0) is 22.1. The van der Waals surface area contributed by atoms with Crippen LogP contribution >= 0.6 is 46.4 Å². The van der Waals surface area contributed by atoms with E-state index in [0.717, 1.165) is 11.1 Å². The summed E-state index contributed by atoms with van der Waals surface area (Å²) in [4.78, 5) is 17.9. The van der Waals surface area contributed by atoms with Crippen molar-refractivity contribution in [3.63, 3.8) is 0 Å². The summed E-state index contributed by atoms with van der Waals surface area (Å²) in [5.74, 6) is 0. The Morgan fingerprint density at radius 3 is 2.33 bits per heavy atom. The van der Waals surface area contributed by atoms with E-state index in [0.29, 0.717) is 32.3 Å². The van der Waals surface area contributed by atoms with Crippen molar-refractivity contribution < 1.29 is 15.1 Å². The standard InChI is InChI=1S/C18H13Cl4N3O.HNO3/c19-13-2-1-12(16(21)7-13)10-26-24-18(9-25-6-5-23-11-25)15-4-3-14(20)8-17(15)22;2-1(3)4/h1-8,11H,9-10H2;(H,2,3,4)/b24-18-;. The first kappa shape index (κ1) is 23.8. The molecule has 0 unspecified atom stereocenters. The quantitative estimate of drug-likeness (QED) is 0.268. The number of aromatic nitrogens is 2. The highest BCUT2D eigenvalue weighted by Crippen LogP contribution is 2.24. The van der Waals surface area contributed by atoms with E-state index >= 15 is 0 Å².